The Balaban J connectivity index is 0.00000242. The van der Waals surface area contributed by atoms with Crippen LogP contribution in [0.25, 0.3) is 11.3 Å². The number of esters is 1. The number of carbonyl (C=O) groups excluding carboxylic acids is 1. The summed E-state index contributed by atoms with van der Waals surface area (Å²) in [5.74, 6) is 1.15. The normalized spacial score (nSPS) is 9.64. The molecule has 0 saturated heterocycles. The quantitative estimate of drug-likeness (QED) is 0.502. The maximum absolute atomic E-state index is 11.6. The summed E-state index contributed by atoms with van der Waals surface area (Å²) in [7, 11) is 0. The molecule has 0 unspecified atom stereocenters. The summed E-state index contributed by atoms with van der Waals surface area (Å²) in [5.41, 5.74) is 1.40. The monoisotopic (exact) mass is 320 g/mol. The third-order valence-corrected chi connectivity index (χ3v) is 2.85. The molecule has 22 heavy (non-hydrogen) atoms. The van der Waals surface area contributed by atoms with Crippen LogP contribution < -0.4 is 5.32 Å². The Morgan fingerprint density at radius 1 is 1.27 bits per heavy atom. The van der Waals surface area contributed by atoms with Crippen LogP contribution in [-0.2, 0) is 11.3 Å². The van der Waals surface area contributed by atoms with Gasteiger partial charge in [-0.3, -0.25) is 5.32 Å². The highest BCUT2D eigenvalue weighted by atomic mass is 35.5. The molecule has 0 amide bonds. The van der Waals surface area contributed by atoms with E-state index in [1.165, 1.54) is 0 Å². The number of hydrogen-bond donors (Lipinski definition) is 1. The van der Waals surface area contributed by atoms with E-state index in [9.17, 15) is 4.79 Å². The Kier molecular flexibility index (Phi) is 7.17. The summed E-state index contributed by atoms with van der Waals surface area (Å²) < 4.78 is 10.6. The van der Waals surface area contributed by atoms with E-state index in [-0.39, 0.29) is 24.9 Å². The molecular formula is C16H17ClN2O3. The number of nitrogens with zero attached hydrogens (tertiary/aromatic N) is 1. The van der Waals surface area contributed by atoms with Gasteiger partial charge in [-0.15, -0.1) is 12.4 Å². The molecule has 1 aromatic carbocycles. The van der Waals surface area contributed by atoms with Gasteiger partial charge in [-0.05, 0) is 31.2 Å². The van der Waals surface area contributed by atoms with Crippen molar-refractivity contribution in [2.45, 2.75) is 13.5 Å². The van der Waals surface area contributed by atoms with Gasteiger partial charge in [0.15, 0.2) is 0 Å². The predicted molar refractivity (Wildman–Crippen MR) is 84.7 cm³/mol. The lowest BCUT2D eigenvalue weighted by Gasteiger charge is -2.02. The number of ether oxygens (including phenoxy) is 1. The fraction of sp³-hybridized carbons (Fsp3) is 0.250. The molecule has 1 N–H and O–H groups in total. The Morgan fingerprint density at radius 2 is 2.00 bits per heavy atom. The molecule has 0 saturated carbocycles. The van der Waals surface area contributed by atoms with Crippen LogP contribution in [0.4, 0.5) is 0 Å². The van der Waals surface area contributed by atoms with Crippen LogP contribution in [-0.4, -0.2) is 19.1 Å². The van der Waals surface area contributed by atoms with Gasteiger partial charge >= 0.3 is 5.97 Å². The molecule has 0 aliphatic rings. The molecule has 0 bridgehead atoms. The first-order chi connectivity index (χ1) is 10.2. The van der Waals surface area contributed by atoms with Gasteiger partial charge in [-0.25, -0.2) is 4.79 Å². The average molecular weight is 321 g/mol. The van der Waals surface area contributed by atoms with Crippen molar-refractivity contribution < 1.29 is 13.9 Å². The summed E-state index contributed by atoms with van der Waals surface area (Å²) in [6.07, 6.45) is 0. The SMILES string of the molecule is CCOC(=O)c1ccc(-c2ccc(CNCC#N)o2)cc1.Cl. The van der Waals surface area contributed by atoms with Gasteiger partial charge in [0.1, 0.15) is 11.5 Å². The second-order valence-electron chi connectivity index (χ2n) is 4.33. The van der Waals surface area contributed by atoms with Crippen molar-refractivity contribution >= 4 is 18.4 Å². The van der Waals surface area contributed by atoms with Crippen LogP contribution in [0.1, 0.15) is 23.0 Å². The van der Waals surface area contributed by atoms with Crippen LogP contribution in [0.2, 0.25) is 0 Å². The van der Waals surface area contributed by atoms with Crippen molar-refractivity contribution in [2.75, 3.05) is 13.2 Å². The van der Waals surface area contributed by atoms with Gasteiger partial charge in [-0.2, -0.15) is 5.26 Å². The minimum atomic E-state index is -0.329. The second-order valence-corrected chi connectivity index (χ2v) is 4.33. The molecule has 116 valence electrons. The topological polar surface area (TPSA) is 75.3 Å². The van der Waals surface area contributed by atoms with E-state index in [4.69, 9.17) is 14.4 Å². The van der Waals surface area contributed by atoms with E-state index in [0.29, 0.717) is 18.7 Å². The first-order valence-corrected chi connectivity index (χ1v) is 6.68. The van der Waals surface area contributed by atoms with Crippen LogP contribution in [0, 0.1) is 11.3 Å². The minimum Gasteiger partial charge on any atom is -0.462 e. The molecule has 0 spiro atoms. The zero-order valence-electron chi connectivity index (χ0n) is 12.2. The third kappa shape index (κ3) is 4.62. The first-order valence-electron chi connectivity index (χ1n) is 6.68. The molecule has 0 aliphatic heterocycles. The van der Waals surface area contributed by atoms with E-state index < -0.39 is 0 Å². The summed E-state index contributed by atoms with van der Waals surface area (Å²) >= 11 is 0. The molecular weight excluding hydrogens is 304 g/mol. The summed E-state index contributed by atoms with van der Waals surface area (Å²) in [6, 6.07) is 12.8. The van der Waals surface area contributed by atoms with E-state index in [1.807, 2.05) is 30.3 Å². The summed E-state index contributed by atoms with van der Waals surface area (Å²) in [5, 5.41) is 11.4. The summed E-state index contributed by atoms with van der Waals surface area (Å²) in [4.78, 5) is 11.6. The zero-order chi connectivity index (χ0) is 15.1. The molecule has 1 aromatic heterocycles. The lowest BCUT2D eigenvalue weighted by molar-refractivity contribution is 0.0526. The van der Waals surface area contributed by atoms with Crippen molar-refractivity contribution in [1.82, 2.24) is 5.32 Å². The lowest BCUT2D eigenvalue weighted by Crippen LogP contribution is -2.12. The number of nitriles is 1. The molecule has 0 radical (unpaired) electrons. The van der Waals surface area contributed by atoms with E-state index in [2.05, 4.69) is 5.32 Å². The molecule has 5 nitrogen and oxygen atoms in total. The predicted octanol–water partition coefficient (Wildman–Crippen LogP) is 3.16. The van der Waals surface area contributed by atoms with E-state index in [0.717, 1.165) is 17.1 Å². The fourth-order valence-corrected chi connectivity index (χ4v) is 1.85. The number of halogens is 1. The Bertz CT molecular complexity index is 644. The largest absolute Gasteiger partial charge is 0.462 e. The maximum atomic E-state index is 11.6. The van der Waals surface area contributed by atoms with Gasteiger partial charge < -0.3 is 9.15 Å². The molecule has 0 fully saturated rings. The third-order valence-electron chi connectivity index (χ3n) is 2.85. The van der Waals surface area contributed by atoms with Gasteiger partial charge in [0.2, 0.25) is 0 Å². The highest BCUT2D eigenvalue weighted by Crippen LogP contribution is 2.22. The number of benzene rings is 1. The van der Waals surface area contributed by atoms with Gasteiger partial charge in [0.25, 0.3) is 0 Å². The van der Waals surface area contributed by atoms with Crippen molar-refractivity contribution in [3.63, 3.8) is 0 Å². The van der Waals surface area contributed by atoms with Crippen molar-refractivity contribution in [3.8, 4) is 17.4 Å². The lowest BCUT2D eigenvalue weighted by atomic mass is 10.1. The molecule has 0 aliphatic carbocycles. The number of furan rings is 1. The molecule has 0 atom stereocenters. The smallest absolute Gasteiger partial charge is 0.338 e. The molecule has 2 rings (SSSR count). The number of carbonyl (C=O) groups is 1. The van der Waals surface area contributed by atoms with Gasteiger partial charge in [0.05, 0.1) is 31.3 Å². The Morgan fingerprint density at radius 3 is 2.64 bits per heavy atom. The van der Waals surface area contributed by atoms with Crippen molar-refractivity contribution in [2.24, 2.45) is 0 Å². The highest BCUT2D eigenvalue weighted by molar-refractivity contribution is 5.89. The number of rotatable bonds is 6. The summed E-state index contributed by atoms with van der Waals surface area (Å²) in [6.45, 7) is 2.92. The fourth-order valence-electron chi connectivity index (χ4n) is 1.85. The van der Waals surface area contributed by atoms with Crippen molar-refractivity contribution in [1.29, 1.82) is 5.26 Å². The van der Waals surface area contributed by atoms with E-state index >= 15 is 0 Å². The Hall–Kier alpha value is -2.29. The standard InChI is InChI=1S/C16H16N2O3.ClH/c1-2-20-16(19)13-5-3-12(4-6-13)15-8-7-14(21-15)11-18-10-9-17;/h3-8,18H,2,10-11H2,1H3;1H. The van der Waals surface area contributed by atoms with Gasteiger partial charge in [0, 0.05) is 5.56 Å². The minimum absolute atomic E-state index is 0. The second kappa shape index (κ2) is 8.88. The van der Waals surface area contributed by atoms with Crippen LogP contribution in [0.15, 0.2) is 40.8 Å². The zero-order valence-corrected chi connectivity index (χ0v) is 13.0. The van der Waals surface area contributed by atoms with Gasteiger partial charge in [-0.1, -0.05) is 12.1 Å². The molecule has 2 aromatic rings. The highest BCUT2D eigenvalue weighted by Gasteiger charge is 2.08. The van der Waals surface area contributed by atoms with Crippen molar-refractivity contribution in [3.05, 3.63) is 47.7 Å². The van der Waals surface area contributed by atoms with E-state index in [1.54, 1.807) is 19.1 Å². The number of hydrogen-bond acceptors (Lipinski definition) is 5. The number of nitrogens with one attached hydrogen (secondary N) is 1. The van der Waals surface area contributed by atoms with Crippen LogP contribution in [0.3, 0.4) is 0 Å². The first kappa shape index (κ1) is 17.8. The Labute approximate surface area is 135 Å². The molecule has 1 heterocycles. The molecule has 6 heteroatoms. The average Bonchev–Trinajstić information content (AvgIpc) is 2.97. The van der Waals surface area contributed by atoms with Crippen LogP contribution >= 0.6 is 12.4 Å². The maximum Gasteiger partial charge on any atom is 0.338 e. The van der Waals surface area contributed by atoms with Crippen LogP contribution in [0.5, 0.6) is 0 Å².